The second-order valence-electron chi connectivity index (χ2n) is 3.25. The molecule has 1 atom stereocenters. The fraction of sp³-hybridized carbons (Fsp3) is 0.667. The molecule has 1 aromatic rings. The summed E-state index contributed by atoms with van der Waals surface area (Å²) in [5, 5.41) is 4.82. The van der Waals surface area contributed by atoms with E-state index in [0.29, 0.717) is 17.4 Å². The molecule has 4 nitrogen and oxygen atoms in total. The second-order valence-corrected chi connectivity index (χ2v) is 3.62. The van der Waals surface area contributed by atoms with E-state index in [4.69, 9.17) is 22.1 Å². The number of nitrogen functional groups attached to an aromatic ring is 1. The minimum atomic E-state index is 0.159. The van der Waals surface area contributed by atoms with E-state index in [-0.39, 0.29) is 6.04 Å². The Kier molecular flexibility index (Phi) is 3.77. The molecule has 0 radical (unpaired) electrons. The Morgan fingerprint density at radius 3 is 2.64 bits per heavy atom. The minimum absolute atomic E-state index is 0.159. The average Bonchev–Trinajstić information content (AvgIpc) is 2.42. The summed E-state index contributed by atoms with van der Waals surface area (Å²) in [4.78, 5) is 0. The van der Waals surface area contributed by atoms with Gasteiger partial charge in [-0.25, -0.2) is 4.68 Å². The van der Waals surface area contributed by atoms with E-state index in [2.05, 4.69) is 12.0 Å². The molecule has 1 heterocycles. The van der Waals surface area contributed by atoms with Crippen LogP contribution in [0.3, 0.4) is 0 Å². The molecule has 0 bridgehead atoms. The van der Waals surface area contributed by atoms with Crippen molar-refractivity contribution in [3.63, 3.8) is 0 Å². The van der Waals surface area contributed by atoms with Crippen molar-refractivity contribution in [3.05, 3.63) is 10.7 Å². The number of methoxy groups -OCH3 is 1. The maximum absolute atomic E-state index is 5.95. The zero-order valence-corrected chi connectivity index (χ0v) is 9.51. The number of nitrogens with zero attached hydrogens (tertiary/aromatic N) is 2. The van der Waals surface area contributed by atoms with Gasteiger partial charge in [-0.3, -0.25) is 0 Å². The summed E-state index contributed by atoms with van der Waals surface area (Å²) in [6, 6.07) is 0.159. The Bertz CT molecular complexity index is 311. The highest BCUT2D eigenvalue weighted by Gasteiger charge is 2.16. The molecule has 0 saturated carbocycles. The molecular formula is C9H16ClN3O. The van der Waals surface area contributed by atoms with Crippen molar-refractivity contribution in [2.75, 3.05) is 19.5 Å². The fourth-order valence-corrected chi connectivity index (χ4v) is 1.50. The van der Waals surface area contributed by atoms with E-state index in [9.17, 15) is 0 Å². The topological polar surface area (TPSA) is 53.1 Å². The van der Waals surface area contributed by atoms with Crippen LogP contribution in [0, 0.1) is 6.92 Å². The predicted molar refractivity (Wildman–Crippen MR) is 57.6 cm³/mol. The fourth-order valence-electron chi connectivity index (χ4n) is 1.38. The molecule has 0 aliphatic rings. The van der Waals surface area contributed by atoms with E-state index in [1.165, 1.54) is 0 Å². The number of aromatic nitrogens is 2. The van der Waals surface area contributed by atoms with Gasteiger partial charge in [0.1, 0.15) is 10.8 Å². The number of aryl methyl sites for hydroxylation is 1. The summed E-state index contributed by atoms with van der Waals surface area (Å²) < 4.78 is 6.83. The second kappa shape index (κ2) is 4.66. The first kappa shape index (κ1) is 11.3. The maximum atomic E-state index is 5.95. The van der Waals surface area contributed by atoms with Gasteiger partial charge < -0.3 is 10.5 Å². The van der Waals surface area contributed by atoms with Crippen LogP contribution in [0.4, 0.5) is 5.82 Å². The van der Waals surface area contributed by atoms with Gasteiger partial charge in [0.15, 0.2) is 0 Å². The number of hydrogen-bond donors (Lipinski definition) is 1. The number of hydrogen-bond acceptors (Lipinski definition) is 3. The third kappa shape index (κ3) is 2.01. The molecule has 1 unspecified atom stereocenters. The Morgan fingerprint density at radius 1 is 1.64 bits per heavy atom. The monoisotopic (exact) mass is 217 g/mol. The number of nitrogens with two attached hydrogens (primary N) is 1. The van der Waals surface area contributed by atoms with Gasteiger partial charge in [0.05, 0.1) is 18.3 Å². The standard InChI is InChI=1S/C9H16ClN3O/c1-4-7(5-14-3)13-9(11)8(10)6(2)12-13/h7H,4-5,11H2,1-3H3. The largest absolute Gasteiger partial charge is 0.383 e. The van der Waals surface area contributed by atoms with Gasteiger partial charge in [-0.1, -0.05) is 18.5 Å². The molecule has 80 valence electrons. The van der Waals surface area contributed by atoms with Crippen LogP contribution in [0.25, 0.3) is 0 Å². The number of rotatable bonds is 4. The highest BCUT2D eigenvalue weighted by atomic mass is 35.5. The van der Waals surface area contributed by atoms with E-state index < -0.39 is 0 Å². The van der Waals surface area contributed by atoms with Gasteiger partial charge in [-0.15, -0.1) is 0 Å². The molecule has 0 amide bonds. The van der Waals surface area contributed by atoms with Gasteiger partial charge >= 0.3 is 0 Å². The van der Waals surface area contributed by atoms with Gasteiger partial charge in [0.2, 0.25) is 0 Å². The SMILES string of the molecule is CCC(COC)n1nc(C)c(Cl)c1N. The normalized spacial score (nSPS) is 13.1. The smallest absolute Gasteiger partial charge is 0.141 e. The third-order valence-electron chi connectivity index (χ3n) is 2.22. The van der Waals surface area contributed by atoms with Crippen molar-refractivity contribution < 1.29 is 4.74 Å². The molecule has 1 rings (SSSR count). The number of anilines is 1. The Labute approximate surface area is 89.0 Å². The summed E-state index contributed by atoms with van der Waals surface area (Å²) >= 11 is 5.95. The lowest BCUT2D eigenvalue weighted by molar-refractivity contribution is 0.148. The molecule has 5 heteroatoms. The van der Waals surface area contributed by atoms with Crippen LogP contribution in [-0.4, -0.2) is 23.5 Å². The van der Waals surface area contributed by atoms with Crippen molar-refractivity contribution in [2.45, 2.75) is 26.3 Å². The first-order valence-electron chi connectivity index (χ1n) is 4.60. The molecule has 0 saturated heterocycles. The molecule has 1 aromatic heterocycles. The number of halogens is 1. The summed E-state index contributed by atoms with van der Waals surface area (Å²) in [6.45, 7) is 4.50. The van der Waals surface area contributed by atoms with Crippen LogP contribution < -0.4 is 5.73 Å². The Balaban J connectivity index is 2.98. The molecule has 0 aliphatic heterocycles. The highest BCUT2D eigenvalue weighted by molar-refractivity contribution is 6.33. The zero-order chi connectivity index (χ0) is 10.7. The minimum Gasteiger partial charge on any atom is -0.383 e. The first-order valence-corrected chi connectivity index (χ1v) is 4.98. The lowest BCUT2D eigenvalue weighted by Crippen LogP contribution is -2.17. The Hall–Kier alpha value is -0.740. The van der Waals surface area contributed by atoms with E-state index >= 15 is 0 Å². The summed E-state index contributed by atoms with van der Waals surface area (Å²) in [5.41, 5.74) is 6.59. The maximum Gasteiger partial charge on any atom is 0.141 e. The lowest BCUT2D eigenvalue weighted by atomic mass is 10.2. The molecule has 0 aromatic carbocycles. The summed E-state index contributed by atoms with van der Waals surface area (Å²) in [7, 11) is 1.66. The van der Waals surface area contributed by atoms with Crippen LogP contribution in [0.1, 0.15) is 25.1 Å². The molecule has 0 aliphatic carbocycles. The molecule has 0 spiro atoms. The quantitative estimate of drug-likeness (QED) is 0.840. The number of ether oxygens (including phenoxy) is 1. The van der Waals surface area contributed by atoms with Crippen molar-refractivity contribution in [2.24, 2.45) is 0 Å². The summed E-state index contributed by atoms with van der Waals surface area (Å²) in [5.74, 6) is 0.521. The van der Waals surface area contributed by atoms with E-state index in [1.54, 1.807) is 11.8 Å². The van der Waals surface area contributed by atoms with Crippen molar-refractivity contribution in [3.8, 4) is 0 Å². The summed E-state index contributed by atoms with van der Waals surface area (Å²) in [6.07, 6.45) is 0.912. The van der Waals surface area contributed by atoms with Crippen LogP contribution in [0.5, 0.6) is 0 Å². The van der Waals surface area contributed by atoms with E-state index in [1.807, 2.05) is 6.92 Å². The van der Waals surface area contributed by atoms with Gasteiger partial charge in [-0.2, -0.15) is 5.10 Å². The Morgan fingerprint density at radius 2 is 2.29 bits per heavy atom. The first-order chi connectivity index (χ1) is 6.61. The molecule has 14 heavy (non-hydrogen) atoms. The van der Waals surface area contributed by atoms with Gasteiger partial charge in [-0.05, 0) is 13.3 Å². The van der Waals surface area contributed by atoms with E-state index in [0.717, 1.165) is 12.1 Å². The van der Waals surface area contributed by atoms with Crippen LogP contribution >= 0.6 is 11.6 Å². The van der Waals surface area contributed by atoms with Crippen LogP contribution in [-0.2, 0) is 4.74 Å². The highest BCUT2D eigenvalue weighted by Crippen LogP contribution is 2.26. The predicted octanol–water partition coefficient (Wildman–Crippen LogP) is 2.02. The average molecular weight is 218 g/mol. The lowest BCUT2D eigenvalue weighted by Gasteiger charge is -2.15. The molecular weight excluding hydrogens is 202 g/mol. The third-order valence-corrected chi connectivity index (χ3v) is 2.69. The van der Waals surface area contributed by atoms with Crippen LogP contribution in [0.15, 0.2) is 0 Å². The molecule has 0 fully saturated rings. The zero-order valence-electron chi connectivity index (χ0n) is 8.75. The van der Waals surface area contributed by atoms with Crippen molar-refractivity contribution >= 4 is 17.4 Å². The van der Waals surface area contributed by atoms with Crippen molar-refractivity contribution in [1.82, 2.24) is 9.78 Å². The van der Waals surface area contributed by atoms with Gasteiger partial charge in [0.25, 0.3) is 0 Å². The van der Waals surface area contributed by atoms with Crippen LogP contribution in [0.2, 0.25) is 5.02 Å². The molecule has 2 N–H and O–H groups in total. The van der Waals surface area contributed by atoms with Crippen molar-refractivity contribution in [1.29, 1.82) is 0 Å². The van der Waals surface area contributed by atoms with Gasteiger partial charge in [0, 0.05) is 7.11 Å².